The molecule has 0 bridgehead atoms. The molecule has 2 N–H and O–H groups in total. The number of anilines is 1. The minimum Gasteiger partial charge on any atom is -0.444 e. The molecule has 0 radical (unpaired) electrons. The highest BCUT2D eigenvalue weighted by Crippen LogP contribution is 2.25. The van der Waals surface area contributed by atoms with Gasteiger partial charge in [0.1, 0.15) is 28.4 Å². The molecular formula is C36H54FN5O6. The van der Waals surface area contributed by atoms with E-state index in [4.69, 9.17) is 14.2 Å². The highest BCUT2D eigenvalue weighted by atomic mass is 19.1. The second kappa shape index (κ2) is 16.0. The molecule has 1 aromatic heterocycles. The lowest BCUT2D eigenvalue weighted by Gasteiger charge is -2.28. The maximum atomic E-state index is 13.8. The number of carbonyl (C=O) groups is 3. The first-order chi connectivity index (χ1) is 22.2. The van der Waals surface area contributed by atoms with Gasteiger partial charge >= 0.3 is 18.3 Å². The number of aromatic nitrogens is 1. The Bertz CT molecular complexity index is 1410. The lowest BCUT2D eigenvalue weighted by molar-refractivity contribution is 0.0251. The van der Waals surface area contributed by atoms with Crippen LogP contribution in [0.3, 0.4) is 0 Å². The van der Waals surface area contributed by atoms with Crippen LogP contribution in [0.1, 0.15) is 79.1 Å². The summed E-state index contributed by atoms with van der Waals surface area (Å²) in [5.41, 5.74) is 0.492. The van der Waals surface area contributed by atoms with Crippen LogP contribution in [-0.2, 0) is 27.1 Å². The molecule has 12 heteroatoms. The number of nitrogens with one attached hydrogen (secondary N) is 2. The Kier molecular flexibility index (Phi) is 12.8. The fourth-order valence-corrected chi connectivity index (χ4v) is 5.33. The molecule has 1 aliphatic heterocycles. The van der Waals surface area contributed by atoms with Gasteiger partial charge in [-0.2, -0.15) is 0 Å². The number of ether oxygens (including phenoxy) is 3. The number of hydrogen-bond acceptors (Lipinski definition) is 8. The van der Waals surface area contributed by atoms with Crippen LogP contribution in [0.5, 0.6) is 0 Å². The molecule has 11 nitrogen and oxygen atoms in total. The monoisotopic (exact) mass is 671 g/mol. The smallest absolute Gasteiger partial charge is 0.413 e. The fourth-order valence-electron chi connectivity index (χ4n) is 5.33. The molecule has 48 heavy (non-hydrogen) atoms. The molecule has 1 fully saturated rings. The number of amides is 3. The molecule has 2 heterocycles. The number of hydrogen-bond donors (Lipinski definition) is 2. The number of halogens is 1. The van der Waals surface area contributed by atoms with Gasteiger partial charge in [-0.05, 0) is 123 Å². The van der Waals surface area contributed by atoms with Gasteiger partial charge < -0.3 is 29.3 Å². The lowest BCUT2D eigenvalue weighted by atomic mass is 9.97. The summed E-state index contributed by atoms with van der Waals surface area (Å²) in [4.78, 5) is 46.7. The van der Waals surface area contributed by atoms with E-state index >= 15 is 0 Å². The first kappa shape index (κ1) is 38.5. The predicted octanol–water partition coefficient (Wildman–Crippen LogP) is 6.72. The number of nitrogens with zero attached hydrogens (tertiary/aromatic N) is 3. The molecular weight excluding hydrogens is 617 g/mol. The summed E-state index contributed by atoms with van der Waals surface area (Å²) in [6.45, 7) is 20.2. The van der Waals surface area contributed by atoms with Gasteiger partial charge in [-0.3, -0.25) is 5.32 Å². The van der Waals surface area contributed by atoms with Gasteiger partial charge in [-0.1, -0.05) is 12.1 Å². The summed E-state index contributed by atoms with van der Waals surface area (Å²) >= 11 is 0. The topological polar surface area (TPSA) is 122 Å². The summed E-state index contributed by atoms with van der Waals surface area (Å²) in [6.07, 6.45) is -0.444. The van der Waals surface area contributed by atoms with E-state index in [1.807, 2.05) is 60.6 Å². The first-order valence-corrected chi connectivity index (χ1v) is 16.6. The average Bonchev–Trinajstić information content (AvgIpc) is 3.29. The van der Waals surface area contributed by atoms with Crippen molar-refractivity contribution in [2.45, 2.75) is 105 Å². The molecule has 2 atom stereocenters. The molecule has 2 aromatic rings. The predicted molar refractivity (Wildman–Crippen MR) is 184 cm³/mol. The SMILES string of the molecule is Cc1cc(C[C@@H]2CN(C(=O)OC(C)(C)C)C[C@@H]2NCCN(CCc2cccc(F)c2)C(=O)OC(C)(C)C)nc(NC(=O)OC(C)(C)C)c1. The lowest BCUT2D eigenvalue weighted by Crippen LogP contribution is -2.45. The number of rotatable bonds is 10. The van der Waals surface area contributed by atoms with E-state index in [1.165, 1.54) is 12.1 Å². The molecule has 3 amide bonds. The Morgan fingerprint density at radius 2 is 1.58 bits per heavy atom. The van der Waals surface area contributed by atoms with E-state index < -0.39 is 35.1 Å². The fraction of sp³-hybridized carbons (Fsp3) is 0.611. The number of likely N-dealkylation sites (tertiary alicyclic amines) is 1. The standard InChI is InChI=1S/C36H54FN5O6/c1-24-18-28(39-30(19-24)40-31(43)46-34(2,3)4)21-26-22-42(33(45)48-36(8,9)10)23-29(26)38-15-17-41(32(44)47-35(5,6)7)16-14-25-12-11-13-27(37)20-25/h11-13,18-20,26,29,38H,14-17,21-23H2,1-10H3,(H,39,40,43)/t26-,29+/m1/s1. The summed E-state index contributed by atoms with van der Waals surface area (Å²) in [5, 5.41) is 6.29. The van der Waals surface area contributed by atoms with Gasteiger partial charge in [0.15, 0.2) is 0 Å². The van der Waals surface area contributed by atoms with Crippen molar-refractivity contribution in [2.75, 3.05) is 38.0 Å². The Morgan fingerprint density at radius 1 is 0.917 bits per heavy atom. The summed E-state index contributed by atoms with van der Waals surface area (Å²) in [5.74, 6) is 0.0242. The third kappa shape index (κ3) is 13.7. The first-order valence-electron chi connectivity index (χ1n) is 16.6. The Balaban J connectivity index is 1.75. The second-order valence-corrected chi connectivity index (χ2v) is 15.4. The zero-order valence-corrected chi connectivity index (χ0v) is 30.2. The van der Waals surface area contributed by atoms with E-state index in [9.17, 15) is 18.8 Å². The van der Waals surface area contributed by atoms with Crippen LogP contribution in [-0.4, -0.2) is 88.6 Å². The van der Waals surface area contributed by atoms with E-state index in [2.05, 4.69) is 15.6 Å². The van der Waals surface area contributed by atoms with Crippen LogP contribution in [0, 0.1) is 18.7 Å². The highest BCUT2D eigenvalue weighted by molar-refractivity contribution is 5.83. The summed E-state index contributed by atoms with van der Waals surface area (Å²) in [6, 6.07) is 9.95. The van der Waals surface area contributed by atoms with Crippen molar-refractivity contribution in [3.63, 3.8) is 0 Å². The number of benzene rings is 1. The van der Waals surface area contributed by atoms with Crippen molar-refractivity contribution in [1.82, 2.24) is 20.1 Å². The van der Waals surface area contributed by atoms with Gasteiger partial charge in [0, 0.05) is 44.5 Å². The van der Waals surface area contributed by atoms with Crippen molar-refractivity contribution in [1.29, 1.82) is 0 Å². The highest BCUT2D eigenvalue weighted by Gasteiger charge is 2.37. The summed E-state index contributed by atoms with van der Waals surface area (Å²) in [7, 11) is 0. The molecule has 1 aliphatic rings. The molecule has 1 aromatic carbocycles. The number of aryl methyl sites for hydroxylation is 1. The van der Waals surface area contributed by atoms with Gasteiger partial charge in [0.25, 0.3) is 0 Å². The van der Waals surface area contributed by atoms with Crippen LogP contribution < -0.4 is 10.6 Å². The van der Waals surface area contributed by atoms with Crippen molar-refractivity contribution < 1.29 is 33.0 Å². The third-order valence-corrected chi connectivity index (χ3v) is 7.22. The van der Waals surface area contributed by atoms with E-state index in [0.717, 1.165) is 16.8 Å². The normalized spacial score (nSPS) is 16.8. The van der Waals surface area contributed by atoms with Crippen molar-refractivity contribution in [2.24, 2.45) is 5.92 Å². The minimum absolute atomic E-state index is 0.0385. The van der Waals surface area contributed by atoms with Gasteiger partial charge in [-0.25, -0.2) is 23.8 Å². The Labute approximate surface area is 284 Å². The van der Waals surface area contributed by atoms with Crippen molar-refractivity contribution in [3.05, 3.63) is 59.0 Å². The molecule has 0 unspecified atom stereocenters. The van der Waals surface area contributed by atoms with Crippen molar-refractivity contribution in [3.8, 4) is 0 Å². The van der Waals surface area contributed by atoms with E-state index in [-0.39, 0.29) is 17.8 Å². The minimum atomic E-state index is -0.676. The zero-order chi connectivity index (χ0) is 35.9. The van der Waals surface area contributed by atoms with Crippen LogP contribution in [0.2, 0.25) is 0 Å². The number of carbonyl (C=O) groups excluding carboxylic acids is 3. The quantitative estimate of drug-likeness (QED) is 0.267. The second-order valence-electron chi connectivity index (χ2n) is 15.4. The zero-order valence-electron chi connectivity index (χ0n) is 30.2. The van der Waals surface area contributed by atoms with Gasteiger partial charge in [0.05, 0.1) is 0 Å². The van der Waals surface area contributed by atoms with Crippen LogP contribution in [0.25, 0.3) is 0 Å². The maximum absolute atomic E-state index is 13.8. The molecule has 0 aliphatic carbocycles. The van der Waals surface area contributed by atoms with E-state index in [0.29, 0.717) is 51.4 Å². The van der Waals surface area contributed by atoms with Crippen LogP contribution in [0.4, 0.5) is 24.6 Å². The maximum Gasteiger partial charge on any atom is 0.413 e. The molecule has 0 spiro atoms. The van der Waals surface area contributed by atoms with Crippen molar-refractivity contribution >= 4 is 24.1 Å². The largest absolute Gasteiger partial charge is 0.444 e. The molecule has 1 saturated heterocycles. The van der Waals surface area contributed by atoms with Crippen LogP contribution in [0.15, 0.2) is 36.4 Å². The van der Waals surface area contributed by atoms with Crippen LogP contribution >= 0.6 is 0 Å². The number of pyridine rings is 1. The Hall–Kier alpha value is -3.93. The molecule has 0 saturated carbocycles. The van der Waals surface area contributed by atoms with Gasteiger partial charge in [0.2, 0.25) is 0 Å². The third-order valence-electron chi connectivity index (χ3n) is 7.22. The molecule has 266 valence electrons. The average molecular weight is 672 g/mol. The molecule has 3 rings (SSSR count). The Morgan fingerprint density at radius 3 is 2.21 bits per heavy atom. The summed E-state index contributed by atoms with van der Waals surface area (Å²) < 4.78 is 30.5. The van der Waals surface area contributed by atoms with Gasteiger partial charge in [-0.15, -0.1) is 0 Å². The van der Waals surface area contributed by atoms with E-state index in [1.54, 1.807) is 42.7 Å².